The lowest BCUT2D eigenvalue weighted by atomic mass is 10.1. The van der Waals surface area contributed by atoms with Crippen molar-refractivity contribution >= 4 is 11.6 Å². The van der Waals surface area contributed by atoms with E-state index in [-0.39, 0.29) is 6.04 Å². The van der Waals surface area contributed by atoms with Gasteiger partial charge in [-0.2, -0.15) is 35.8 Å². The van der Waals surface area contributed by atoms with Crippen LogP contribution in [-0.2, 0) is 9.53 Å². The molecule has 1 fully saturated rings. The maximum absolute atomic E-state index is 13.2. The van der Waals surface area contributed by atoms with Gasteiger partial charge in [-0.15, -0.1) is 0 Å². The lowest BCUT2D eigenvalue weighted by molar-refractivity contribution is -0.343. The molecule has 1 saturated heterocycles. The highest BCUT2D eigenvalue weighted by Crippen LogP contribution is 2.46. The second-order valence-corrected chi connectivity index (χ2v) is 5.15. The molecule has 0 saturated carbocycles. The second-order valence-electron chi connectivity index (χ2n) is 5.15. The van der Waals surface area contributed by atoms with Crippen LogP contribution in [-0.4, -0.2) is 46.9 Å². The number of ether oxygens (including phenoxy) is 1. The van der Waals surface area contributed by atoms with Crippen LogP contribution < -0.4 is 5.32 Å². The van der Waals surface area contributed by atoms with E-state index >= 15 is 0 Å². The summed E-state index contributed by atoms with van der Waals surface area (Å²) in [7, 11) is 0. The van der Waals surface area contributed by atoms with Crippen molar-refractivity contribution in [2.75, 3.05) is 18.5 Å². The Kier molecular flexibility index (Phi) is 4.79. The van der Waals surface area contributed by atoms with Crippen molar-refractivity contribution in [1.82, 2.24) is 9.78 Å². The van der Waals surface area contributed by atoms with Crippen LogP contribution in [0.3, 0.4) is 0 Å². The number of hydrogen-bond donors (Lipinski definition) is 1. The first-order valence-electron chi connectivity index (χ1n) is 6.72. The van der Waals surface area contributed by atoms with E-state index in [2.05, 4.69) is 5.10 Å². The number of carbonyl (C=O) groups is 1. The minimum absolute atomic E-state index is 0.151. The van der Waals surface area contributed by atoms with E-state index in [1.807, 2.05) is 0 Å². The summed E-state index contributed by atoms with van der Waals surface area (Å²) in [6, 6.07) is -0.151. The van der Waals surface area contributed by atoms with Crippen LogP contribution in [0.25, 0.3) is 0 Å². The molecule has 1 N–H and O–H groups in total. The third kappa shape index (κ3) is 3.32. The largest absolute Gasteiger partial charge is 0.460 e. The van der Waals surface area contributed by atoms with Crippen LogP contribution in [0.15, 0.2) is 12.4 Å². The molecular formula is C12H12F7N3O2. The van der Waals surface area contributed by atoms with Crippen LogP contribution in [0, 0.1) is 0 Å². The molecule has 0 aromatic carbocycles. The monoisotopic (exact) mass is 363 g/mol. The van der Waals surface area contributed by atoms with Gasteiger partial charge in [-0.1, -0.05) is 0 Å². The smallest absolute Gasteiger partial charge is 0.381 e. The van der Waals surface area contributed by atoms with E-state index in [4.69, 9.17) is 4.74 Å². The van der Waals surface area contributed by atoms with E-state index in [1.165, 1.54) is 10.00 Å². The van der Waals surface area contributed by atoms with Crippen LogP contribution >= 0.6 is 0 Å². The number of carbonyl (C=O) groups excluding carboxylic acids is 1. The molecule has 12 heteroatoms. The second kappa shape index (κ2) is 6.22. The summed E-state index contributed by atoms with van der Waals surface area (Å²) in [6.07, 6.45) is -3.50. The lowest BCUT2D eigenvalue weighted by Crippen LogP contribution is -2.57. The molecule has 2 rings (SSSR count). The van der Waals surface area contributed by atoms with E-state index < -0.39 is 29.6 Å². The standard InChI is InChI=1S/C12H12F7N3O2/c13-10(14,11(15,16)12(17,18)19)9(23)21-7-5-20-22(6-7)8-1-3-24-4-2-8/h5-6,8H,1-4H2,(H,21,23). The quantitative estimate of drug-likeness (QED) is 0.837. The van der Waals surface area contributed by atoms with Gasteiger partial charge in [0.2, 0.25) is 0 Å². The number of alkyl halides is 7. The first-order chi connectivity index (χ1) is 11.0. The molecule has 0 atom stereocenters. The molecule has 5 nitrogen and oxygen atoms in total. The molecule has 0 bridgehead atoms. The Balaban J connectivity index is 2.10. The molecule has 1 aromatic heterocycles. The van der Waals surface area contributed by atoms with Crippen LogP contribution in [0.5, 0.6) is 0 Å². The summed E-state index contributed by atoms with van der Waals surface area (Å²) in [4.78, 5) is 11.2. The number of halogens is 7. The van der Waals surface area contributed by atoms with Crippen molar-refractivity contribution in [2.45, 2.75) is 36.9 Å². The minimum atomic E-state index is -6.57. The molecular weight excluding hydrogens is 351 g/mol. The molecule has 1 aliphatic rings. The third-order valence-corrected chi connectivity index (χ3v) is 3.46. The minimum Gasteiger partial charge on any atom is -0.381 e. The first kappa shape index (κ1) is 18.5. The van der Waals surface area contributed by atoms with Crippen molar-refractivity contribution < 1.29 is 40.3 Å². The predicted octanol–water partition coefficient (Wildman–Crippen LogP) is 3.01. The van der Waals surface area contributed by atoms with Gasteiger partial charge in [-0.3, -0.25) is 9.48 Å². The molecule has 0 radical (unpaired) electrons. The average molecular weight is 363 g/mol. The molecule has 0 spiro atoms. The number of rotatable bonds is 4. The van der Waals surface area contributed by atoms with Gasteiger partial charge in [0.1, 0.15) is 0 Å². The van der Waals surface area contributed by atoms with Crippen molar-refractivity contribution in [3.63, 3.8) is 0 Å². The number of amides is 1. The molecule has 0 unspecified atom stereocenters. The summed E-state index contributed by atoms with van der Waals surface area (Å²) in [5.74, 6) is -15.2. The Bertz CT molecular complexity index is 594. The van der Waals surface area contributed by atoms with Crippen LogP contribution in [0.1, 0.15) is 18.9 Å². The van der Waals surface area contributed by atoms with Crippen molar-refractivity contribution in [3.8, 4) is 0 Å². The average Bonchev–Trinajstić information content (AvgIpc) is 2.95. The highest BCUT2D eigenvalue weighted by atomic mass is 19.4. The molecule has 24 heavy (non-hydrogen) atoms. The fourth-order valence-electron chi connectivity index (χ4n) is 2.08. The van der Waals surface area contributed by atoms with Crippen molar-refractivity contribution in [1.29, 1.82) is 0 Å². The van der Waals surface area contributed by atoms with Gasteiger partial charge >= 0.3 is 23.9 Å². The van der Waals surface area contributed by atoms with Crippen molar-refractivity contribution in [2.24, 2.45) is 0 Å². The fourth-order valence-corrected chi connectivity index (χ4v) is 2.08. The number of nitrogens with zero attached hydrogens (tertiary/aromatic N) is 2. The zero-order valence-electron chi connectivity index (χ0n) is 11.9. The van der Waals surface area contributed by atoms with Gasteiger partial charge < -0.3 is 10.1 Å². The van der Waals surface area contributed by atoms with Gasteiger partial charge in [-0.05, 0) is 12.8 Å². The Morgan fingerprint density at radius 2 is 1.75 bits per heavy atom. The predicted molar refractivity (Wildman–Crippen MR) is 65.9 cm³/mol. The number of nitrogens with one attached hydrogen (secondary N) is 1. The Hall–Kier alpha value is -1.85. The van der Waals surface area contributed by atoms with Crippen LogP contribution in [0.2, 0.25) is 0 Å². The topological polar surface area (TPSA) is 56.2 Å². The summed E-state index contributed by atoms with van der Waals surface area (Å²) in [5, 5.41) is 5.11. The lowest BCUT2D eigenvalue weighted by Gasteiger charge is -2.26. The Morgan fingerprint density at radius 1 is 1.17 bits per heavy atom. The van der Waals surface area contributed by atoms with Gasteiger partial charge in [0.25, 0.3) is 0 Å². The van der Waals surface area contributed by atoms with Gasteiger partial charge in [-0.25, -0.2) is 0 Å². The van der Waals surface area contributed by atoms with Crippen molar-refractivity contribution in [3.05, 3.63) is 12.4 Å². The number of aromatic nitrogens is 2. The highest BCUT2D eigenvalue weighted by molar-refractivity contribution is 5.96. The third-order valence-electron chi connectivity index (χ3n) is 3.46. The number of anilines is 1. The molecule has 136 valence electrons. The molecule has 1 aliphatic heterocycles. The first-order valence-corrected chi connectivity index (χ1v) is 6.72. The summed E-state index contributed by atoms with van der Waals surface area (Å²) >= 11 is 0. The number of hydrogen-bond acceptors (Lipinski definition) is 3. The maximum Gasteiger partial charge on any atom is 0.460 e. The normalized spacial score (nSPS) is 17.8. The summed E-state index contributed by atoms with van der Waals surface area (Å²) < 4.78 is 94.5. The van der Waals surface area contributed by atoms with Gasteiger partial charge in [0, 0.05) is 19.4 Å². The molecule has 0 aliphatic carbocycles. The zero-order chi connectivity index (χ0) is 18.2. The summed E-state index contributed by atoms with van der Waals surface area (Å²) in [5.41, 5.74) is -0.413. The molecule has 2 heterocycles. The maximum atomic E-state index is 13.2. The van der Waals surface area contributed by atoms with Crippen LogP contribution in [0.4, 0.5) is 36.4 Å². The zero-order valence-corrected chi connectivity index (χ0v) is 11.9. The highest BCUT2D eigenvalue weighted by Gasteiger charge is 2.76. The van der Waals surface area contributed by atoms with E-state index in [0.717, 1.165) is 12.4 Å². The van der Waals surface area contributed by atoms with E-state index in [1.54, 1.807) is 0 Å². The summed E-state index contributed by atoms with van der Waals surface area (Å²) in [6.45, 7) is 0.865. The Labute approximate surface area is 130 Å². The van der Waals surface area contributed by atoms with Gasteiger partial charge in [0.15, 0.2) is 0 Å². The molecule has 1 aromatic rings. The van der Waals surface area contributed by atoms with E-state index in [0.29, 0.717) is 26.1 Å². The van der Waals surface area contributed by atoms with Gasteiger partial charge in [0.05, 0.1) is 17.9 Å². The molecule has 1 amide bonds. The Morgan fingerprint density at radius 3 is 2.29 bits per heavy atom. The SMILES string of the molecule is O=C(Nc1cnn(C2CCOCC2)c1)C(F)(F)C(F)(F)C(F)(F)F. The fraction of sp³-hybridized carbons (Fsp3) is 0.667. The van der Waals surface area contributed by atoms with E-state index in [9.17, 15) is 35.5 Å².